The van der Waals surface area contributed by atoms with Crippen LogP contribution in [0.4, 0.5) is 0 Å². The van der Waals surface area contributed by atoms with Gasteiger partial charge in [0.1, 0.15) is 0 Å². The van der Waals surface area contributed by atoms with Crippen molar-refractivity contribution in [1.29, 1.82) is 0 Å². The molecule has 2 N–H and O–H groups in total. The molecule has 0 saturated carbocycles. The van der Waals surface area contributed by atoms with E-state index in [9.17, 15) is 5.11 Å². The molecule has 0 unspecified atom stereocenters. The van der Waals surface area contributed by atoms with Crippen LogP contribution in [-0.4, -0.2) is 30.5 Å². The van der Waals surface area contributed by atoms with Crippen LogP contribution >= 0.6 is 0 Å². The number of para-hydroxylation sites is 1. The van der Waals surface area contributed by atoms with Crippen LogP contribution in [0.1, 0.15) is 38.7 Å². The number of aliphatic hydroxyl groups is 1. The van der Waals surface area contributed by atoms with E-state index in [1.807, 2.05) is 18.2 Å². The molecule has 4 heteroatoms. The minimum absolute atomic E-state index is 0.145. The normalized spacial score (nSPS) is 14.9. The second kappa shape index (κ2) is 6.95. The molecule has 0 aliphatic carbocycles. The molecule has 0 amide bonds. The van der Waals surface area contributed by atoms with Gasteiger partial charge in [-0.25, -0.2) is 0 Å². The Hall–Kier alpha value is -1.26. The Morgan fingerprint density at radius 1 is 1.20 bits per heavy atom. The van der Waals surface area contributed by atoms with Gasteiger partial charge < -0.3 is 19.9 Å². The Labute approximate surface area is 121 Å². The highest BCUT2D eigenvalue weighted by molar-refractivity contribution is 5.47. The van der Waals surface area contributed by atoms with E-state index in [-0.39, 0.29) is 12.1 Å². The summed E-state index contributed by atoms with van der Waals surface area (Å²) in [6.07, 6.45) is 2.70. The lowest BCUT2D eigenvalue weighted by atomic mass is 9.93. The lowest BCUT2D eigenvalue weighted by Gasteiger charge is -2.31. The van der Waals surface area contributed by atoms with Crippen LogP contribution in [0.25, 0.3) is 0 Å². The average Bonchev–Trinajstić information content (AvgIpc) is 2.75. The van der Waals surface area contributed by atoms with Gasteiger partial charge in [-0.05, 0) is 18.9 Å². The summed E-state index contributed by atoms with van der Waals surface area (Å²) in [7, 11) is 0. The molecule has 0 fully saturated rings. The minimum atomic E-state index is -0.214. The first-order valence-corrected chi connectivity index (χ1v) is 7.48. The van der Waals surface area contributed by atoms with Crippen molar-refractivity contribution in [2.75, 3.05) is 19.8 Å². The van der Waals surface area contributed by atoms with Crippen molar-refractivity contribution in [3.05, 3.63) is 23.8 Å². The highest BCUT2D eigenvalue weighted by atomic mass is 16.5. The molecule has 1 aliphatic rings. The van der Waals surface area contributed by atoms with Crippen LogP contribution in [0, 0.1) is 0 Å². The molecule has 1 aliphatic heterocycles. The highest BCUT2D eigenvalue weighted by Crippen LogP contribution is 2.33. The molecule has 0 radical (unpaired) electrons. The summed E-state index contributed by atoms with van der Waals surface area (Å²) >= 11 is 0. The summed E-state index contributed by atoms with van der Waals surface area (Å²) in [6, 6.07) is 5.99. The van der Waals surface area contributed by atoms with E-state index in [4.69, 9.17) is 9.47 Å². The number of rotatable bonds is 6. The molecule has 1 heterocycles. The number of benzene rings is 1. The lowest BCUT2D eigenvalue weighted by molar-refractivity contribution is 0.149. The van der Waals surface area contributed by atoms with Crippen LogP contribution in [0.15, 0.2) is 18.2 Å². The number of ether oxygens (including phenoxy) is 2. The SMILES string of the molecule is CCC(CC)(CO)NCc1cccc2c1OCCCO2. The predicted molar refractivity (Wildman–Crippen MR) is 79.3 cm³/mol. The van der Waals surface area contributed by atoms with Crippen molar-refractivity contribution in [3.63, 3.8) is 0 Å². The largest absolute Gasteiger partial charge is 0.490 e. The molecule has 1 aromatic carbocycles. The number of hydrogen-bond donors (Lipinski definition) is 2. The van der Waals surface area contributed by atoms with Crippen LogP contribution in [0.5, 0.6) is 11.5 Å². The molecule has 0 spiro atoms. The molecule has 0 bridgehead atoms. The number of hydrogen-bond acceptors (Lipinski definition) is 4. The molecule has 0 atom stereocenters. The van der Waals surface area contributed by atoms with Gasteiger partial charge in [0.25, 0.3) is 0 Å². The maximum absolute atomic E-state index is 9.62. The quantitative estimate of drug-likeness (QED) is 0.840. The van der Waals surface area contributed by atoms with Crippen LogP contribution in [0.3, 0.4) is 0 Å². The van der Waals surface area contributed by atoms with Crippen molar-refractivity contribution in [3.8, 4) is 11.5 Å². The lowest BCUT2D eigenvalue weighted by Crippen LogP contribution is -2.47. The van der Waals surface area contributed by atoms with Crippen LogP contribution < -0.4 is 14.8 Å². The summed E-state index contributed by atoms with van der Waals surface area (Å²) in [6.45, 7) is 6.40. The van der Waals surface area contributed by atoms with Gasteiger partial charge in [0.15, 0.2) is 11.5 Å². The van der Waals surface area contributed by atoms with E-state index in [2.05, 4.69) is 19.2 Å². The number of aliphatic hydroxyl groups excluding tert-OH is 1. The standard InChI is InChI=1S/C16H25NO3/c1-3-16(4-2,12-18)17-11-13-7-5-8-14-15(13)20-10-6-9-19-14/h5,7-8,17-18H,3-4,6,9-12H2,1-2H3. The predicted octanol–water partition coefficient (Wildman–Crippen LogP) is 2.49. The molecule has 2 rings (SSSR count). The van der Waals surface area contributed by atoms with E-state index < -0.39 is 0 Å². The summed E-state index contributed by atoms with van der Waals surface area (Å²) in [5.74, 6) is 1.67. The van der Waals surface area contributed by atoms with Gasteiger partial charge in [0, 0.05) is 24.1 Å². The molecular formula is C16H25NO3. The number of nitrogens with one attached hydrogen (secondary N) is 1. The van der Waals surface area contributed by atoms with Crippen LogP contribution in [0.2, 0.25) is 0 Å². The zero-order chi connectivity index (χ0) is 14.4. The monoisotopic (exact) mass is 279 g/mol. The zero-order valence-corrected chi connectivity index (χ0v) is 12.4. The first kappa shape index (κ1) is 15.1. The molecule has 20 heavy (non-hydrogen) atoms. The van der Waals surface area contributed by atoms with Gasteiger partial charge in [0.05, 0.1) is 19.8 Å². The smallest absolute Gasteiger partial charge is 0.165 e. The average molecular weight is 279 g/mol. The van der Waals surface area contributed by atoms with Crippen molar-refractivity contribution >= 4 is 0 Å². The van der Waals surface area contributed by atoms with E-state index in [1.165, 1.54) is 0 Å². The van der Waals surface area contributed by atoms with E-state index in [0.29, 0.717) is 19.8 Å². The highest BCUT2D eigenvalue weighted by Gasteiger charge is 2.25. The fraction of sp³-hybridized carbons (Fsp3) is 0.625. The Balaban J connectivity index is 2.13. The maximum Gasteiger partial charge on any atom is 0.165 e. The molecule has 1 aromatic rings. The van der Waals surface area contributed by atoms with E-state index in [1.54, 1.807) is 0 Å². The summed E-state index contributed by atoms with van der Waals surface area (Å²) < 4.78 is 11.5. The van der Waals surface area contributed by atoms with Gasteiger partial charge in [-0.15, -0.1) is 0 Å². The minimum Gasteiger partial charge on any atom is -0.490 e. The van der Waals surface area contributed by atoms with Gasteiger partial charge in [-0.1, -0.05) is 26.0 Å². The second-order valence-electron chi connectivity index (χ2n) is 5.29. The third-order valence-electron chi connectivity index (χ3n) is 4.16. The fourth-order valence-electron chi connectivity index (χ4n) is 2.46. The van der Waals surface area contributed by atoms with Gasteiger partial charge in [0.2, 0.25) is 0 Å². The molecule has 112 valence electrons. The molecular weight excluding hydrogens is 254 g/mol. The van der Waals surface area contributed by atoms with Crippen molar-refractivity contribution < 1.29 is 14.6 Å². The van der Waals surface area contributed by atoms with Gasteiger partial charge >= 0.3 is 0 Å². The zero-order valence-electron chi connectivity index (χ0n) is 12.4. The first-order valence-electron chi connectivity index (χ1n) is 7.48. The van der Waals surface area contributed by atoms with Crippen molar-refractivity contribution in [2.24, 2.45) is 0 Å². The third kappa shape index (κ3) is 3.25. The summed E-state index contributed by atoms with van der Waals surface area (Å²) in [5.41, 5.74) is 0.873. The summed E-state index contributed by atoms with van der Waals surface area (Å²) in [4.78, 5) is 0. The van der Waals surface area contributed by atoms with Crippen molar-refractivity contribution in [1.82, 2.24) is 5.32 Å². The maximum atomic E-state index is 9.62. The topological polar surface area (TPSA) is 50.7 Å². The second-order valence-corrected chi connectivity index (χ2v) is 5.29. The van der Waals surface area contributed by atoms with Crippen molar-refractivity contribution in [2.45, 2.75) is 45.2 Å². The Kier molecular flexibility index (Phi) is 5.26. The van der Waals surface area contributed by atoms with E-state index in [0.717, 1.165) is 36.3 Å². The van der Waals surface area contributed by atoms with Gasteiger partial charge in [-0.2, -0.15) is 0 Å². The molecule has 0 saturated heterocycles. The van der Waals surface area contributed by atoms with Crippen LogP contribution in [-0.2, 0) is 6.54 Å². The molecule has 4 nitrogen and oxygen atoms in total. The third-order valence-corrected chi connectivity index (χ3v) is 4.16. The summed E-state index contributed by atoms with van der Waals surface area (Å²) in [5, 5.41) is 13.1. The molecule has 0 aromatic heterocycles. The number of fused-ring (bicyclic) bond motifs is 1. The van der Waals surface area contributed by atoms with E-state index >= 15 is 0 Å². The van der Waals surface area contributed by atoms with Gasteiger partial charge in [-0.3, -0.25) is 0 Å². The fourth-order valence-corrected chi connectivity index (χ4v) is 2.46. The Morgan fingerprint density at radius 2 is 1.95 bits per heavy atom. The Morgan fingerprint density at radius 3 is 2.65 bits per heavy atom. The first-order chi connectivity index (χ1) is 9.74. The Bertz CT molecular complexity index is 421.